The van der Waals surface area contributed by atoms with Crippen LogP contribution in [0.3, 0.4) is 0 Å². The van der Waals surface area contributed by atoms with Gasteiger partial charge in [-0.15, -0.1) is 12.4 Å². The molecule has 0 spiro atoms. The Morgan fingerprint density at radius 1 is 1.52 bits per heavy atom. The van der Waals surface area contributed by atoms with Crippen molar-refractivity contribution in [1.82, 2.24) is 15.4 Å². The molecule has 2 atom stereocenters. The minimum atomic E-state index is 0. The molecule has 2 fully saturated rings. The number of hydrogen-bond acceptors (Lipinski definition) is 5. The summed E-state index contributed by atoms with van der Waals surface area (Å²) in [5.41, 5.74) is 0. The zero-order chi connectivity index (χ0) is 13.9. The predicted molar refractivity (Wildman–Crippen MR) is 82.6 cm³/mol. The van der Waals surface area contributed by atoms with Crippen molar-refractivity contribution in [1.29, 1.82) is 0 Å². The molecule has 21 heavy (non-hydrogen) atoms. The minimum Gasteiger partial charge on any atom is -0.360 e. The highest BCUT2D eigenvalue weighted by molar-refractivity contribution is 5.89. The van der Waals surface area contributed by atoms with E-state index in [1.165, 1.54) is 13.0 Å². The molecular weight excluding hydrogens is 292 g/mol. The molecule has 0 saturated carbocycles. The Hall–Kier alpha value is -1.11. The van der Waals surface area contributed by atoms with Crippen LogP contribution in [-0.4, -0.2) is 48.7 Å². The minimum absolute atomic E-state index is 0. The summed E-state index contributed by atoms with van der Waals surface area (Å²) < 4.78 is 4.93. The third-order valence-electron chi connectivity index (χ3n) is 4.34. The van der Waals surface area contributed by atoms with Gasteiger partial charge in [0.05, 0.1) is 0 Å². The maximum absolute atomic E-state index is 11.9. The molecule has 1 aromatic rings. The van der Waals surface area contributed by atoms with Gasteiger partial charge in [0, 0.05) is 25.6 Å². The Balaban J connectivity index is 0.00000161. The Morgan fingerprint density at radius 2 is 2.33 bits per heavy atom. The van der Waals surface area contributed by atoms with Gasteiger partial charge in [0.2, 0.25) is 5.91 Å². The molecule has 2 aliphatic rings. The highest BCUT2D eigenvalue weighted by Gasteiger charge is 2.32. The van der Waals surface area contributed by atoms with Crippen LogP contribution in [0.15, 0.2) is 10.6 Å². The molecule has 2 unspecified atom stereocenters. The van der Waals surface area contributed by atoms with E-state index in [0.717, 1.165) is 38.0 Å². The Kier molecular flexibility index (Phi) is 5.61. The van der Waals surface area contributed by atoms with Crippen molar-refractivity contribution < 1.29 is 9.32 Å². The number of nitrogens with zero attached hydrogens (tertiary/aromatic N) is 2. The Bertz CT molecular complexity index is 479. The second-order valence-corrected chi connectivity index (χ2v) is 5.89. The summed E-state index contributed by atoms with van der Waals surface area (Å²) >= 11 is 0. The van der Waals surface area contributed by atoms with Crippen LogP contribution in [0.5, 0.6) is 0 Å². The molecule has 2 aliphatic heterocycles. The van der Waals surface area contributed by atoms with Gasteiger partial charge in [-0.2, -0.15) is 0 Å². The van der Waals surface area contributed by atoms with Crippen molar-refractivity contribution in [3.05, 3.63) is 11.8 Å². The summed E-state index contributed by atoms with van der Waals surface area (Å²) in [6.45, 7) is 7.16. The van der Waals surface area contributed by atoms with Crippen molar-refractivity contribution in [2.24, 2.45) is 11.8 Å². The third-order valence-corrected chi connectivity index (χ3v) is 4.34. The van der Waals surface area contributed by atoms with Gasteiger partial charge >= 0.3 is 0 Å². The van der Waals surface area contributed by atoms with E-state index < -0.39 is 0 Å². The van der Waals surface area contributed by atoms with E-state index in [1.807, 2.05) is 6.92 Å². The van der Waals surface area contributed by atoms with Crippen LogP contribution >= 0.6 is 12.4 Å². The predicted octanol–water partition coefficient (Wildman–Crippen LogP) is 1.27. The average molecular weight is 315 g/mol. The first-order valence-corrected chi connectivity index (χ1v) is 7.37. The molecule has 6 nitrogen and oxygen atoms in total. The van der Waals surface area contributed by atoms with E-state index in [2.05, 4.69) is 20.7 Å². The maximum Gasteiger partial charge on any atom is 0.226 e. The molecule has 1 amide bonds. The van der Waals surface area contributed by atoms with E-state index in [9.17, 15) is 4.79 Å². The molecule has 3 rings (SSSR count). The normalized spacial score (nSPS) is 25.2. The van der Waals surface area contributed by atoms with Crippen molar-refractivity contribution in [2.45, 2.75) is 19.8 Å². The Morgan fingerprint density at radius 3 is 3.10 bits per heavy atom. The first-order valence-electron chi connectivity index (χ1n) is 7.37. The standard InChI is InChI=1S/C14H22N4O2.ClH/c1-10-6-13(17-20-10)16-14(19)3-5-18-4-2-11-7-15-8-12(11)9-18;/h6,11-12,15H,2-5,7-9H2,1H3,(H,16,17,19);1H. The fraction of sp³-hybridized carbons (Fsp3) is 0.714. The van der Waals surface area contributed by atoms with Crippen LogP contribution in [0.4, 0.5) is 5.82 Å². The van der Waals surface area contributed by atoms with E-state index >= 15 is 0 Å². The molecule has 2 N–H and O–H groups in total. The molecule has 7 heteroatoms. The van der Waals surface area contributed by atoms with Crippen LogP contribution in [-0.2, 0) is 4.79 Å². The molecule has 0 bridgehead atoms. The van der Waals surface area contributed by atoms with E-state index in [-0.39, 0.29) is 18.3 Å². The number of fused-ring (bicyclic) bond motifs is 1. The average Bonchev–Trinajstić information content (AvgIpc) is 3.04. The first kappa shape index (κ1) is 16.3. The lowest BCUT2D eigenvalue weighted by molar-refractivity contribution is -0.116. The van der Waals surface area contributed by atoms with Crippen molar-refractivity contribution in [3.63, 3.8) is 0 Å². The zero-order valence-electron chi connectivity index (χ0n) is 12.3. The van der Waals surface area contributed by atoms with Crippen molar-refractivity contribution in [3.8, 4) is 0 Å². The van der Waals surface area contributed by atoms with Gasteiger partial charge in [0.15, 0.2) is 5.82 Å². The lowest BCUT2D eigenvalue weighted by atomic mass is 9.89. The lowest BCUT2D eigenvalue weighted by Crippen LogP contribution is -2.41. The van der Waals surface area contributed by atoms with Crippen LogP contribution in [0, 0.1) is 18.8 Å². The van der Waals surface area contributed by atoms with Crippen LogP contribution in [0.2, 0.25) is 0 Å². The molecule has 2 saturated heterocycles. The van der Waals surface area contributed by atoms with Crippen molar-refractivity contribution in [2.75, 3.05) is 38.0 Å². The van der Waals surface area contributed by atoms with Gasteiger partial charge in [0.25, 0.3) is 0 Å². The summed E-state index contributed by atoms with van der Waals surface area (Å²) in [7, 11) is 0. The third kappa shape index (κ3) is 4.18. The molecule has 0 radical (unpaired) electrons. The van der Waals surface area contributed by atoms with Gasteiger partial charge in [-0.05, 0) is 44.8 Å². The lowest BCUT2D eigenvalue weighted by Gasteiger charge is -2.34. The Labute approximate surface area is 131 Å². The topological polar surface area (TPSA) is 70.4 Å². The number of anilines is 1. The van der Waals surface area contributed by atoms with Gasteiger partial charge < -0.3 is 20.1 Å². The van der Waals surface area contributed by atoms with Gasteiger partial charge in [-0.1, -0.05) is 5.16 Å². The molecule has 0 aromatic carbocycles. The van der Waals surface area contributed by atoms with E-state index in [4.69, 9.17) is 4.52 Å². The number of halogens is 1. The van der Waals surface area contributed by atoms with E-state index in [1.54, 1.807) is 6.07 Å². The fourth-order valence-electron chi connectivity index (χ4n) is 3.20. The quantitative estimate of drug-likeness (QED) is 0.876. The number of amides is 1. The first-order chi connectivity index (χ1) is 9.70. The number of piperidine rings is 1. The highest BCUT2D eigenvalue weighted by atomic mass is 35.5. The summed E-state index contributed by atoms with van der Waals surface area (Å²) in [5, 5.41) is 9.99. The summed E-state index contributed by atoms with van der Waals surface area (Å²) in [4.78, 5) is 14.3. The highest BCUT2D eigenvalue weighted by Crippen LogP contribution is 2.26. The maximum atomic E-state index is 11.9. The van der Waals surface area contributed by atoms with Crippen LogP contribution in [0.25, 0.3) is 0 Å². The second-order valence-electron chi connectivity index (χ2n) is 5.89. The smallest absolute Gasteiger partial charge is 0.226 e. The van der Waals surface area contributed by atoms with Crippen molar-refractivity contribution >= 4 is 24.1 Å². The number of aromatic nitrogens is 1. The summed E-state index contributed by atoms with van der Waals surface area (Å²) in [6.07, 6.45) is 1.76. The number of aryl methyl sites for hydroxylation is 1. The van der Waals surface area contributed by atoms with E-state index in [0.29, 0.717) is 18.0 Å². The van der Waals surface area contributed by atoms with Gasteiger partial charge in [-0.25, -0.2) is 0 Å². The van der Waals surface area contributed by atoms with Gasteiger partial charge in [0.1, 0.15) is 5.76 Å². The largest absolute Gasteiger partial charge is 0.360 e. The zero-order valence-corrected chi connectivity index (χ0v) is 13.1. The SMILES string of the molecule is Cc1cc(NC(=O)CCN2CCC3CNCC3C2)no1.Cl. The number of likely N-dealkylation sites (tertiary alicyclic amines) is 1. The summed E-state index contributed by atoms with van der Waals surface area (Å²) in [5.74, 6) is 2.83. The van der Waals surface area contributed by atoms with Crippen LogP contribution in [0.1, 0.15) is 18.6 Å². The molecule has 118 valence electrons. The monoisotopic (exact) mass is 314 g/mol. The molecule has 1 aromatic heterocycles. The molecule has 0 aliphatic carbocycles. The number of nitrogens with one attached hydrogen (secondary N) is 2. The number of carbonyl (C=O) groups excluding carboxylic acids is 1. The number of carbonyl (C=O) groups is 1. The molecular formula is C14H23ClN4O2. The fourth-order valence-corrected chi connectivity index (χ4v) is 3.20. The summed E-state index contributed by atoms with van der Waals surface area (Å²) in [6, 6.07) is 1.73. The second kappa shape index (κ2) is 7.24. The van der Waals surface area contributed by atoms with Crippen LogP contribution < -0.4 is 10.6 Å². The van der Waals surface area contributed by atoms with Gasteiger partial charge in [-0.3, -0.25) is 4.79 Å². The number of hydrogen-bond donors (Lipinski definition) is 2. The number of rotatable bonds is 4. The molecule has 3 heterocycles.